The molecule has 2 amide bonds. The zero-order valence-corrected chi connectivity index (χ0v) is 21.6. The second-order valence-electron chi connectivity index (χ2n) is 9.47. The average molecular weight is 575 g/mol. The van der Waals surface area contributed by atoms with Gasteiger partial charge in [0.05, 0.1) is 17.2 Å². The molecule has 40 heavy (non-hydrogen) atoms. The van der Waals surface area contributed by atoms with Gasteiger partial charge < -0.3 is 15.4 Å². The summed E-state index contributed by atoms with van der Waals surface area (Å²) >= 11 is 0. The van der Waals surface area contributed by atoms with Gasteiger partial charge in [-0.3, -0.25) is 0 Å². The normalized spacial score (nSPS) is 14.4. The number of urea groups is 1. The van der Waals surface area contributed by atoms with E-state index < -0.39 is 58.8 Å². The van der Waals surface area contributed by atoms with Crippen molar-refractivity contribution in [1.29, 1.82) is 0 Å². The van der Waals surface area contributed by atoms with E-state index in [0.717, 1.165) is 24.3 Å². The van der Waals surface area contributed by atoms with Gasteiger partial charge in [-0.25, -0.2) is 13.6 Å². The van der Waals surface area contributed by atoms with Crippen molar-refractivity contribution >= 4 is 6.03 Å². The van der Waals surface area contributed by atoms with Crippen LogP contribution in [0.1, 0.15) is 43.0 Å². The van der Waals surface area contributed by atoms with E-state index in [-0.39, 0.29) is 23.8 Å². The van der Waals surface area contributed by atoms with Crippen molar-refractivity contribution in [1.82, 2.24) is 10.6 Å². The minimum atomic E-state index is -5.00. The standard InChI is InChI=1S/C28H26F8N2O2/c1-16(2)40-24-14-19(9-10-23(24)30)26(15-18-7-5-4-6-8-18,38-25(39)37-17(3)27(31,32)33)20-11-21(28(34,35)36)13-22(29)12-20/h4-14,16-17H,15H2,1-3H3,(H2,37,38,39)/t17-,26-/m1/s1. The molecule has 3 aromatic carbocycles. The van der Waals surface area contributed by atoms with E-state index in [0.29, 0.717) is 18.6 Å². The highest BCUT2D eigenvalue weighted by Gasteiger charge is 2.42. The summed E-state index contributed by atoms with van der Waals surface area (Å²) in [5.41, 5.74) is -3.61. The van der Waals surface area contributed by atoms with Crippen LogP contribution in [-0.2, 0) is 18.1 Å². The van der Waals surface area contributed by atoms with Crippen molar-refractivity contribution in [3.8, 4) is 5.75 Å². The lowest BCUT2D eigenvalue weighted by Crippen LogP contribution is -2.55. The number of alkyl halides is 6. The molecule has 2 N–H and O–H groups in total. The predicted molar refractivity (Wildman–Crippen MR) is 132 cm³/mol. The van der Waals surface area contributed by atoms with Crippen LogP contribution in [0.4, 0.5) is 39.9 Å². The molecule has 0 heterocycles. The predicted octanol–water partition coefficient (Wildman–Crippen LogP) is 7.51. The zero-order chi connectivity index (χ0) is 29.9. The molecule has 0 saturated carbocycles. The van der Waals surface area contributed by atoms with E-state index in [1.165, 1.54) is 0 Å². The summed E-state index contributed by atoms with van der Waals surface area (Å²) in [4.78, 5) is 13.0. The van der Waals surface area contributed by atoms with Crippen LogP contribution in [0.3, 0.4) is 0 Å². The van der Waals surface area contributed by atoms with Gasteiger partial charge in [0.15, 0.2) is 11.6 Å². The Morgan fingerprint density at radius 3 is 2.02 bits per heavy atom. The lowest BCUT2D eigenvalue weighted by molar-refractivity contribution is -0.148. The fourth-order valence-electron chi connectivity index (χ4n) is 4.08. The maximum absolute atomic E-state index is 14.7. The summed E-state index contributed by atoms with van der Waals surface area (Å²) in [6, 6.07) is 8.97. The third-order valence-corrected chi connectivity index (χ3v) is 5.98. The van der Waals surface area contributed by atoms with E-state index in [2.05, 4.69) is 5.32 Å². The average Bonchev–Trinajstić information content (AvgIpc) is 2.83. The molecule has 0 bridgehead atoms. The summed E-state index contributed by atoms with van der Waals surface area (Å²) < 4.78 is 116. The second-order valence-corrected chi connectivity index (χ2v) is 9.47. The number of hydrogen-bond donors (Lipinski definition) is 2. The molecule has 0 radical (unpaired) electrons. The van der Waals surface area contributed by atoms with Crippen LogP contribution in [-0.4, -0.2) is 24.4 Å². The molecule has 0 aliphatic heterocycles. The maximum Gasteiger partial charge on any atom is 0.416 e. The number of halogens is 8. The highest BCUT2D eigenvalue weighted by molar-refractivity contribution is 5.76. The lowest BCUT2D eigenvalue weighted by Gasteiger charge is -2.37. The molecule has 2 atom stereocenters. The summed E-state index contributed by atoms with van der Waals surface area (Å²) in [5.74, 6) is -2.48. The van der Waals surface area contributed by atoms with E-state index in [1.54, 1.807) is 49.5 Å². The van der Waals surface area contributed by atoms with Crippen LogP contribution in [0.15, 0.2) is 66.7 Å². The van der Waals surface area contributed by atoms with Crippen molar-refractivity contribution in [2.45, 2.75) is 57.2 Å². The molecular formula is C28H26F8N2O2. The van der Waals surface area contributed by atoms with Gasteiger partial charge in [0, 0.05) is 6.42 Å². The lowest BCUT2D eigenvalue weighted by atomic mass is 9.77. The zero-order valence-electron chi connectivity index (χ0n) is 21.6. The van der Waals surface area contributed by atoms with Gasteiger partial charge in [-0.2, -0.15) is 26.3 Å². The topological polar surface area (TPSA) is 50.4 Å². The van der Waals surface area contributed by atoms with Crippen molar-refractivity contribution in [2.24, 2.45) is 0 Å². The van der Waals surface area contributed by atoms with Gasteiger partial charge in [0.2, 0.25) is 0 Å². The van der Waals surface area contributed by atoms with Gasteiger partial charge in [-0.05, 0) is 67.8 Å². The van der Waals surface area contributed by atoms with Crippen LogP contribution in [0, 0.1) is 11.6 Å². The molecule has 216 valence electrons. The van der Waals surface area contributed by atoms with E-state index >= 15 is 0 Å². The Bertz CT molecular complexity index is 1330. The van der Waals surface area contributed by atoms with E-state index in [1.807, 2.05) is 0 Å². The first-order chi connectivity index (χ1) is 18.5. The number of ether oxygens (including phenoxy) is 1. The van der Waals surface area contributed by atoms with E-state index in [9.17, 15) is 39.9 Å². The Hall–Kier alpha value is -3.83. The summed E-state index contributed by atoms with van der Waals surface area (Å²) in [7, 11) is 0. The Labute approximate surface area is 225 Å². The van der Waals surface area contributed by atoms with Crippen molar-refractivity contribution in [3.05, 3.63) is 101 Å². The number of benzene rings is 3. The van der Waals surface area contributed by atoms with Gasteiger partial charge in [-0.1, -0.05) is 36.4 Å². The SMILES string of the molecule is CC(C)Oc1cc([C@@](Cc2ccccc2)(NC(=O)N[C@H](C)C(F)(F)F)c2cc(F)cc(C(F)(F)F)c2)ccc1F. The molecule has 12 heteroatoms. The third-order valence-electron chi connectivity index (χ3n) is 5.98. The molecule has 0 saturated heterocycles. The molecule has 0 fully saturated rings. The van der Waals surface area contributed by atoms with Crippen LogP contribution < -0.4 is 15.4 Å². The first-order valence-corrected chi connectivity index (χ1v) is 12.1. The summed E-state index contributed by atoms with van der Waals surface area (Å²) in [6.45, 7) is 3.86. The largest absolute Gasteiger partial charge is 0.488 e. The fraction of sp³-hybridized carbons (Fsp3) is 0.321. The number of carbonyl (C=O) groups excluding carboxylic acids is 1. The molecule has 0 spiro atoms. The Balaban J connectivity index is 2.33. The molecule has 3 aromatic rings. The first-order valence-electron chi connectivity index (χ1n) is 12.1. The van der Waals surface area contributed by atoms with Gasteiger partial charge >= 0.3 is 18.4 Å². The molecular weight excluding hydrogens is 548 g/mol. The van der Waals surface area contributed by atoms with Crippen LogP contribution in [0.25, 0.3) is 0 Å². The molecule has 4 nitrogen and oxygen atoms in total. The first kappa shape index (κ1) is 30.7. The molecule has 0 aromatic heterocycles. The van der Waals surface area contributed by atoms with E-state index in [4.69, 9.17) is 4.74 Å². The third kappa shape index (κ3) is 7.42. The van der Waals surface area contributed by atoms with Crippen LogP contribution in [0.2, 0.25) is 0 Å². The number of rotatable bonds is 8. The monoisotopic (exact) mass is 574 g/mol. The molecule has 0 aliphatic carbocycles. The Kier molecular flexibility index (Phi) is 9.00. The second kappa shape index (κ2) is 11.7. The van der Waals surface area contributed by atoms with Gasteiger partial charge in [0.1, 0.15) is 11.9 Å². The maximum atomic E-state index is 14.7. The number of nitrogens with one attached hydrogen (secondary N) is 2. The van der Waals surface area contributed by atoms with Gasteiger partial charge in [-0.15, -0.1) is 0 Å². The summed E-state index contributed by atoms with van der Waals surface area (Å²) in [6.07, 6.45) is -10.7. The molecule has 0 aliphatic rings. The van der Waals surface area contributed by atoms with Crippen molar-refractivity contribution < 1.29 is 44.7 Å². The number of hydrogen-bond acceptors (Lipinski definition) is 2. The minimum Gasteiger partial charge on any atom is -0.488 e. The summed E-state index contributed by atoms with van der Waals surface area (Å²) in [5, 5.41) is 4.08. The highest BCUT2D eigenvalue weighted by atomic mass is 19.4. The van der Waals surface area contributed by atoms with Crippen molar-refractivity contribution in [2.75, 3.05) is 0 Å². The number of carbonyl (C=O) groups is 1. The van der Waals surface area contributed by atoms with Crippen LogP contribution in [0.5, 0.6) is 5.75 Å². The smallest absolute Gasteiger partial charge is 0.416 e. The molecule has 0 unspecified atom stereocenters. The fourth-order valence-corrected chi connectivity index (χ4v) is 4.08. The van der Waals surface area contributed by atoms with Crippen LogP contribution >= 0.6 is 0 Å². The highest BCUT2D eigenvalue weighted by Crippen LogP contribution is 2.40. The quantitative estimate of drug-likeness (QED) is 0.274. The Morgan fingerprint density at radius 1 is 0.825 bits per heavy atom. The molecule has 3 rings (SSSR count). The minimum absolute atomic E-state index is 0.0676. The number of amides is 2. The Morgan fingerprint density at radius 2 is 1.45 bits per heavy atom. The van der Waals surface area contributed by atoms with Crippen molar-refractivity contribution in [3.63, 3.8) is 0 Å². The van der Waals surface area contributed by atoms with Gasteiger partial charge in [0.25, 0.3) is 0 Å².